The highest BCUT2D eigenvalue weighted by molar-refractivity contribution is 7.70. The maximum atomic E-state index is 13.0. The van der Waals surface area contributed by atoms with Gasteiger partial charge in [-0.3, -0.25) is 0 Å². The first kappa shape index (κ1) is 21.3. The van der Waals surface area contributed by atoms with Gasteiger partial charge >= 0.3 is 0 Å². The smallest absolute Gasteiger partial charge is 0.109 e. The van der Waals surface area contributed by atoms with Crippen molar-refractivity contribution in [3.8, 4) is 11.1 Å². The fourth-order valence-electron chi connectivity index (χ4n) is 5.44. The van der Waals surface area contributed by atoms with E-state index in [1.807, 2.05) is 19.4 Å². The zero-order valence-electron chi connectivity index (χ0n) is 20.2. The second-order valence-corrected chi connectivity index (χ2v) is 13.2. The average molecular weight is 482 g/mol. The van der Waals surface area contributed by atoms with Crippen molar-refractivity contribution in [1.82, 2.24) is 4.98 Å². The summed E-state index contributed by atoms with van der Waals surface area (Å²) < 4.78 is 13.0. The van der Waals surface area contributed by atoms with Crippen LogP contribution in [-0.4, -0.2) is 18.3 Å². The number of benzene rings is 6. The van der Waals surface area contributed by atoms with Gasteiger partial charge in [0, 0.05) is 32.4 Å². The highest BCUT2D eigenvalue weighted by atomic mass is 31.2. The van der Waals surface area contributed by atoms with Crippen LogP contribution in [0.1, 0.15) is 0 Å². The molecule has 0 aliphatic heterocycles. The zero-order chi connectivity index (χ0) is 24.4. The average Bonchev–Trinajstić information content (AvgIpc) is 2.90. The number of hydrogen-bond donors (Lipinski definition) is 0. The van der Waals surface area contributed by atoms with Gasteiger partial charge in [0.1, 0.15) is 7.14 Å². The van der Waals surface area contributed by atoms with Crippen LogP contribution in [0.3, 0.4) is 0 Å². The Labute approximate surface area is 209 Å². The van der Waals surface area contributed by atoms with E-state index in [1.165, 1.54) is 27.3 Å². The topological polar surface area (TPSA) is 30.0 Å². The number of nitrogens with zero attached hydrogens (tertiary/aromatic N) is 1. The minimum Gasteiger partial charge on any atom is -0.319 e. The van der Waals surface area contributed by atoms with Crippen LogP contribution in [0.5, 0.6) is 0 Å². The van der Waals surface area contributed by atoms with Crippen molar-refractivity contribution in [2.24, 2.45) is 0 Å². The van der Waals surface area contributed by atoms with Gasteiger partial charge in [0.15, 0.2) is 0 Å². The Morgan fingerprint density at radius 1 is 0.528 bits per heavy atom. The molecule has 1 aromatic heterocycles. The van der Waals surface area contributed by atoms with Crippen LogP contribution in [0.15, 0.2) is 109 Å². The van der Waals surface area contributed by atoms with Crippen LogP contribution in [0.4, 0.5) is 0 Å². The molecule has 0 fully saturated rings. The summed E-state index contributed by atoms with van der Waals surface area (Å²) in [6.07, 6.45) is 0. The third-order valence-electron chi connectivity index (χ3n) is 7.30. The minimum absolute atomic E-state index is 0.884. The molecule has 172 valence electrons. The van der Waals surface area contributed by atoms with E-state index in [9.17, 15) is 4.57 Å². The third-order valence-corrected chi connectivity index (χ3v) is 8.82. The lowest BCUT2D eigenvalue weighted by Crippen LogP contribution is -2.02. The predicted molar refractivity (Wildman–Crippen MR) is 156 cm³/mol. The van der Waals surface area contributed by atoms with Gasteiger partial charge in [-0.25, -0.2) is 4.98 Å². The SMILES string of the molecule is CP(C)(=O)c1ccc2ccc3c(-c4ccc5ccccc5c4)c4ccc5ccccc5c4nc3c2c1. The fourth-order valence-corrected chi connectivity index (χ4v) is 6.31. The molecule has 7 rings (SSSR count). The maximum absolute atomic E-state index is 13.0. The quantitative estimate of drug-likeness (QED) is 0.140. The van der Waals surface area contributed by atoms with Crippen molar-refractivity contribution in [1.29, 1.82) is 0 Å². The number of rotatable bonds is 2. The third kappa shape index (κ3) is 3.26. The molecule has 0 spiro atoms. The molecule has 0 bridgehead atoms. The molecule has 6 aromatic carbocycles. The fraction of sp³-hybridized carbons (Fsp3) is 0.0606. The lowest BCUT2D eigenvalue weighted by Gasteiger charge is -2.16. The number of fused-ring (bicyclic) bond motifs is 7. The summed E-state index contributed by atoms with van der Waals surface area (Å²) in [6.45, 7) is 3.66. The molecule has 0 amide bonds. The van der Waals surface area contributed by atoms with Crippen LogP contribution in [0, 0.1) is 0 Å². The van der Waals surface area contributed by atoms with Gasteiger partial charge in [0.2, 0.25) is 0 Å². The molecule has 2 nitrogen and oxygen atoms in total. The Kier molecular flexibility index (Phi) is 4.58. The van der Waals surface area contributed by atoms with Gasteiger partial charge in [-0.15, -0.1) is 0 Å². The van der Waals surface area contributed by atoms with Gasteiger partial charge in [0.05, 0.1) is 11.0 Å². The zero-order valence-corrected chi connectivity index (χ0v) is 21.1. The van der Waals surface area contributed by atoms with Crippen molar-refractivity contribution in [2.45, 2.75) is 0 Å². The monoisotopic (exact) mass is 481 g/mol. The van der Waals surface area contributed by atoms with E-state index in [0.29, 0.717) is 0 Å². The van der Waals surface area contributed by atoms with E-state index in [1.54, 1.807) is 0 Å². The Morgan fingerprint density at radius 2 is 1.11 bits per heavy atom. The molecule has 0 unspecified atom stereocenters. The van der Waals surface area contributed by atoms with Crippen LogP contribution in [0.2, 0.25) is 0 Å². The summed E-state index contributed by atoms with van der Waals surface area (Å²) >= 11 is 0. The Morgan fingerprint density at radius 3 is 1.86 bits per heavy atom. The molecule has 0 saturated heterocycles. The lowest BCUT2D eigenvalue weighted by atomic mass is 9.91. The lowest BCUT2D eigenvalue weighted by molar-refractivity contribution is 0.588. The molecule has 0 aliphatic rings. The van der Waals surface area contributed by atoms with Gasteiger partial charge in [-0.05, 0) is 52.6 Å². The summed E-state index contributed by atoms with van der Waals surface area (Å²) in [7, 11) is -2.41. The van der Waals surface area contributed by atoms with Gasteiger partial charge in [0.25, 0.3) is 0 Å². The van der Waals surface area contributed by atoms with Crippen LogP contribution in [0.25, 0.3) is 65.3 Å². The highest BCUT2D eigenvalue weighted by Crippen LogP contribution is 2.41. The second-order valence-electron chi connectivity index (χ2n) is 9.95. The molecule has 0 radical (unpaired) electrons. The van der Waals surface area contributed by atoms with E-state index in [-0.39, 0.29) is 0 Å². The molecule has 1 heterocycles. The van der Waals surface area contributed by atoms with E-state index < -0.39 is 7.14 Å². The van der Waals surface area contributed by atoms with Crippen molar-refractivity contribution in [3.05, 3.63) is 109 Å². The molecule has 7 aromatic rings. The standard InChI is InChI=1S/C33H24NOP/c1-36(2,35)26-16-13-23-15-18-29-31(25-12-11-21-7-3-4-9-24(21)19-25)28-17-14-22-8-5-6-10-27(22)32(28)34-33(29)30(23)20-26/h3-20H,1-2H3. The predicted octanol–water partition coefficient (Wildman–Crippen LogP) is 8.76. The number of aromatic nitrogens is 1. The van der Waals surface area contributed by atoms with Crippen LogP contribution < -0.4 is 5.30 Å². The summed E-state index contributed by atoms with van der Waals surface area (Å²) in [5.41, 5.74) is 4.32. The Bertz CT molecular complexity index is 2050. The Hall–Kier alpha value is -4.00. The van der Waals surface area contributed by atoms with Gasteiger partial charge < -0.3 is 4.57 Å². The maximum Gasteiger partial charge on any atom is 0.109 e. The minimum atomic E-state index is -2.41. The molecular weight excluding hydrogens is 457 g/mol. The Balaban J connectivity index is 1.70. The first-order valence-corrected chi connectivity index (χ1v) is 14.8. The second kappa shape index (κ2) is 7.75. The molecule has 0 saturated carbocycles. The van der Waals surface area contributed by atoms with Gasteiger partial charge in [-0.1, -0.05) is 97.1 Å². The van der Waals surface area contributed by atoms with Crippen molar-refractivity contribution >= 4 is 66.6 Å². The molecule has 36 heavy (non-hydrogen) atoms. The van der Waals surface area contributed by atoms with E-state index in [0.717, 1.165) is 43.3 Å². The highest BCUT2D eigenvalue weighted by Gasteiger charge is 2.17. The molecule has 0 N–H and O–H groups in total. The van der Waals surface area contributed by atoms with Crippen molar-refractivity contribution in [3.63, 3.8) is 0 Å². The number of hydrogen-bond acceptors (Lipinski definition) is 2. The molecular formula is C33H24NOP. The summed E-state index contributed by atoms with van der Waals surface area (Å²) in [5.74, 6) is 0. The van der Waals surface area contributed by atoms with Gasteiger partial charge in [-0.2, -0.15) is 0 Å². The normalized spacial score (nSPS) is 12.3. The molecule has 0 aliphatic carbocycles. The molecule has 3 heteroatoms. The van der Waals surface area contributed by atoms with E-state index >= 15 is 0 Å². The number of pyridine rings is 1. The first-order chi connectivity index (χ1) is 17.5. The van der Waals surface area contributed by atoms with E-state index in [2.05, 4.69) is 103 Å². The molecule has 0 atom stereocenters. The van der Waals surface area contributed by atoms with Crippen LogP contribution in [-0.2, 0) is 4.57 Å². The summed E-state index contributed by atoms with van der Waals surface area (Å²) in [4.78, 5) is 5.32. The van der Waals surface area contributed by atoms with E-state index in [4.69, 9.17) is 4.98 Å². The van der Waals surface area contributed by atoms with Crippen molar-refractivity contribution < 1.29 is 4.57 Å². The van der Waals surface area contributed by atoms with Crippen LogP contribution >= 0.6 is 7.14 Å². The summed E-state index contributed by atoms with van der Waals surface area (Å²) in [5, 5.41) is 10.1. The van der Waals surface area contributed by atoms with Crippen molar-refractivity contribution in [2.75, 3.05) is 13.3 Å². The summed E-state index contributed by atoms with van der Waals surface area (Å²) in [6, 6.07) is 38.6. The first-order valence-electron chi connectivity index (χ1n) is 12.2. The largest absolute Gasteiger partial charge is 0.319 e.